The number of benzene rings is 1. The fourth-order valence-corrected chi connectivity index (χ4v) is 3.33. The average molecular weight is 439 g/mol. The van der Waals surface area contributed by atoms with Crippen LogP contribution in [0.2, 0.25) is 10.0 Å². The van der Waals surface area contributed by atoms with Crippen LogP contribution in [0.4, 0.5) is 4.79 Å². The van der Waals surface area contributed by atoms with Crippen LogP contribution in [-0.2, 0) is 13.1 Å². The molecule has 29 heavy (non-hydrogen) atoms. The number of amides is 1. The van der Waals surface area contributed by atoms with Gasteiger partial charge in [-0.3, -0.25) is 9.36 Å². The minimum Gasteiger partial charge on any atom is -0.491 e. The van der Waals surface area contributed by atoms with Crippen molar-refractivity contribution in [2.45, 2.75) is 32.9 Å². The summed E-state index contributed by atoms with van der Waals surface area (Å²) >= 11 is 12.3. The average Bonchev–Trinajstić information content (AvgIpc) is 3.19. The first-order valence-corrected chi connectivity index (χ1v) is 9.84. The molecule has 2 aromatic heterocycles. The molecule has 0 aliphatic heterocycles. The number of rotatable bonds is 8. The lowest BCUT2D eigenvalue weighted by Gasteiger charge is -2.20. The molecular formula is C20H20Cl2N2O5. The van der Waals surface area contributed by atoms with Crippen molar-refractivity contribution in [1.29, 1.82) is 0 Å². The SMILES string of the molecule is CCCCOc1c(CNC(=O)O)n(Cc2ccco2)c(=O)c2cc(Cl)c(Cl)cc12. The zero-order valence-corrected chi connectivity index (χ0v) is 17.2. The molecule has 0 spiro atoms. The highest BCUT2D eigenvalue weighted by atomic mass is 35.5. The minimum atomic E-state index is -1.21. The first-order valence-electron chi connectivity index (χ1n) is 9.08. The topological polar surface area (TPSA) is 93.7 Å². The molecule has 0 saturated heterocycles. The van der Waals surface area contributed by atoms with Crippen LogP contribution in [0.15, 0.2) is 39.7 Å². The zero-order valence-electron chi connectivity index (χ0n) is 15.7. The Morgan fingerprint density at radius 1 is 1.28 bits per heavy atom. The highest BCUT2D eigenvalue weighted by Crippen LogP contribution is 2.34. The predicted octanol–water partition coefficient (Wildman–Crippen LogP) is 4.90. The number of nitrogens with zero attached hydrogens (tertiary/aromatic N) is 1. The molecule has 7 nitrogen and oxygen atoms in total. The third-order valence-corrected chi connectivity index (χ3v) is 5.14. The normalized spacial score (nSPS) is 11.0. The Bertz CT molecular complexity index is 1080. The van der Waals surface area contributed by atoms with Crippen LogP contribution in [0, 0.1) is 0 Å². The van der Waals surface area contributed by atoms with Gasteiger partial charge in [0.25, 0.3) is 5.56 Å². The van der Waals surface area contributed by atoms with E-state index in [2.05, 4.69) is 5.32 Å². The molecule has 1 aromatic carbocycles. The number of hydrogen-bond donors (Lipinski definition) is 2. The fourth-order valence-electron chi connectivity index (χ4n) is 3.00. The summed E-state index contributed by atoms with van der Waals surface area (Å²) in [4.78, 5) is 24.4. The third-order valence-electron chi connectivity index (χ3n) is 4.41. The first kappa shape index (κ1) is 21.1. The highest BCUT2D eigenvalue weighted by Gasteiger charge is 2.21. The van der Waals surface area contributed by atoms with Crippen LogP contribution in [0.25, 0.3) is 10.8 Å². The number of aromatic nitrogens is 1. The van der Waals surface area contributed by atoms with E-state index in [1.165, 1.54) is 16.9 Å². The Morgan fingerprint density at radius 3 is 2.62 bits per heavy atom. The monoisotopic (exact) mass is 438 g/mol. The molecule has 3 aromatic rings. The summed E-state index contributed by atoms with van der Waals surface area (Å²) in [6.07, 6.45) is 2.01. The second-order valence-electron chi connectivity index (χ2n) is 6.42. The summed E-state index contributed by atoms with van der Waals surface area (Å²) in [7, 11) is 0. The van der Waals surface area contributed by atoms with Crippen molar-refractivity contribution in [3.63, 3.8) is 0 Å². The number of ether oxygens (including phenoxy) is 1. The van der Waals surface area contributed by atoms with Crippen LogP contribution >= 0.6 is 23.2 Å². The number of carbonyl (C=O) groups is 1. The maximum Gasteiger partial charge on any atom is 0.404 e. The number of halogens is 2. The van der Waals surface area contributed by atoms with Gasteiger partial charge < -0.3 is 19.6 Å². The van der Waals surface area contributed by atoms with Gasteiger partial charge in [-0.1, -0.05) is 36.5 Å². The molecule has 0 fully saturated rings. The Morgan fingerprint density at radius 2 is 2.00 bits per heavy atom. The van der Waals surface area contributed by atoms with Gasteiger partial charge in [0.15, 0.2) is 0 Å². The second kappa shape index (κ2) is 9.24. The lowest BCUT2D eigenvalue weighted by molar-refractivity contribution is 0.193. The summed E-state index contributed by atoms with van der Waals surface area (Å²) in [5, 5.41) is 12.8. The van der Waals surface area contributed by atoms with Crippen molar-refractivity contribution in [1.82, 2.24) is 9.88 Å². The lowest BCUT2D eigenvalue weighted by Crippen LogP contribution is -2.30. The molecule has 0 atom stereocenters. The number of furan rings is 1. The molecule has 2 heterocycles. The van der Waals surface area contributed by atoms with Crippen molar-refractivity contribution in [2.75, 3.05) is 6.61 Å². The van der Waals surface area contributed by atoms with Gasteiger partial charge in [-0.05, 0) is 30.7 Å². The van der Waals surface area contributed by atoms with Gasteiger partial charge in [-0.15, -0.1) is 0 Å². The molecular weight excluding hydrogens is 419 g/mol. The predicted molar refractivity (Wildman–Crippen MR) is 111 cm³/mol. The molecule has 0 aliphatic rings. The van der Waals surface area contributed by atoms with Crippen molar-refractivity contribution < 1.29 is 19.1 Å². The molecule has 9 heteroatoms. The minimum absolute atomic E-state index is 0.114. The second-order valence-corrected chi connectivity index (χ2v) is 7.23. The zero-order chi connectivity index (χ0) is 21.0. The van der Waals surface area contributed by atoms with E-state index >= 15 is 0 Å². The third kappa shape index (κ3) is 4.68. The molecule has 0 saturated carbocycles. The standard InChI is InChI=1S/C20H20Cl2N2O5/c1-2-3-6-29-18-13-8-15(21)16(22)9-14(13)19(25)24(11-12-5-4-7-28-12)17(18)10-23-20(26)27/h4-5,7-9,23H,2-3,6,10-11H2,1H3,(H,26,27). The van der Waals surface area contributed by atoms with E-state index in [-0.39, 0.29) is 28.7 Å². The fraction of sp³-hybridized carbons (Fsp3) is 0.300. The molecule has 0 bridgehead atoms. The number of hydrogen-bond acceptors (Lipinski definition) is 4. The van der Waals surface area contributed by atoms with E-state index in [1.807, 2.05) is 6.92 Å². The number of pyridine rings is 1. The van der Waals surface area contributed by atoms with Crippen molar-refractivity contribution in [3.8, 4) is 5.75 Å². The van der Waals surface area contributed by atoms with Gasteiger partial charge in [0.2, 0.25) is 0 Å². The molecule has 2 N–H and O–H groups in total. The van der Waals surface area contributed by atoms with E-state index in [9.17, 15) is 9.59 Å². The van der Waals surface area contributed by atoms with Gasteiger partial charge in [-0.2, -0.15) is 0 Å². The van der Waals surface area contributed by atoms with Gasteiger partial charge in [-0.25, -0.2) is 4.79 Å². The van der Waals surface area contributed by atoms with Crippen LogP contribution in [0.1, 0.15) is 31.2 Å². The summed E-state index contributed by atoms with van der Waals surface area (Å²) in [5.41, 5.74) is 0.0378. The van der Waals surface area contributed by atoms with Crippen LogP contribution in [-0.4, -0.2) is 22.4 Å². The number of unbranched alkanes of at least 4 members (excludes halogenated alkanes) is 1. The molecule has 1 amide bonds. The maximum atomic E-state index is 13.3. The quantitative estimate of drug-likeness (QED) is 0.487. The molecule has 0 radical (unpaired) electrons. The largest absolute Gasteiger partial charge is 0.491 e. The van der Waals surface area contributed by atoms with Crippen molar-refractivity contribution in [2.24, 2.45) is 0 Å². The van der Waals surface area contributed by atoms with Gasteiger partial charge in [0.05, 0.1) is 47.1 Å². The van der Waals surface area contributed by atoms with E-state index in [0.717, 1.165) is 12.8 Å². The molecule has 154 valence electrons. The molecule has 0 unspecified atom stereocenters. The van der Waals surface area contributed by atoms with E-state index < -0.39 is 6.09 Å². The van der Waals surface area contributed by atoms with E-state index in [1.54, 1.807) is 18.2 Å². The Labute approximate surface area is 176 Å². The lowest BCUT2D eigenvalue weighted by atomic mass is 10.1. The molecule has 3 rings (SSSR count). The van der Waals surface area contributed by atoms with E-state index in [0.29, 0.717) is 34.6 Å². The maximum absolute atomic E-state index is 13.3. The summed E-state index contributed by atoms with van der Waals surface area (Å²) in [6.45, 7) is 2.43. The van der Waals surface area contributed by atoms with Crippen LogP contribution < -0.4 is 15.6 Å². The number of nitrogens with one attached hydrogen (secondary N) is 1. The Kier molecular flexibility index (Phi) is 6.71. The molecule has 0 aliphatic carbocycles. The summed E-state index contributed by atoms with van der Waals surface area (Å²) in [6, 6.07) is 6.52. The smallest absolute Gasteiger partial charge is 0.404 e. The van der Waals surface area contributed by atoms with Crippen LogP contribution in [0.5, 0.6) is 5.75 Å². The number of fused-ring (bicyclic) bond motifs is 1. The number of carboxylic acid groups (broad SMARTS) is 1. The highest BCUT2D eigenvalue weighted by molar-refractivity contribution is 6.42. The van der Waals surface area contributed by atoms with Crippen molar-refractivity contribution in [3.05, 3.63) is 62.4 Å². The summed E-state index contributed by atoms with van der Waals surface area (Å²) in [5.74, 6) is 0.939. The summed E-state index contributed by atoms with van der Waals surface area (Å²) < 4.78 is 12.8. The van der Waals surface area contributed by atoms with Crippen LogP contribution in [0.3, 0.4) is 0 Å². The van der Waals surface area contributed by atoms with Crippen molar-refractivity contribution >= 4 is 40.1 Å². The van der Waals surface area contributed by atoms with Gasteiger partial charge >= 0.3 is 6.09 Å². The first-order chi connectivity index (χ1) is 13.9. The van der Waals surface area contributed by atoms with E-state index in [4.69, 9.17) is 37.5 Å². The van der Waals surface area contributed by atoms with Gasteiger partial charge in [0, 0.05) is 5.39 Å². The van der Waals surface area contributed by atoms with Gasteiger partial charge in [0.1, 0.15) is 11.5 Å². The Balaban J connectivity index is 2.26. The Hall–Kier alpha value is -2.64.